The summed E-state index contributed by atoms with van der Waals surface area (Å²) in [5.41, 5.74) is 2.25. The number of thioether (sulfide) groups is 1. The van der Waals surface area contributed by atoms with Crippen molar-refractivity contribution in [3.8, 4) is 0 Å². The number of benzene rings is 2. The molecule has 1 unspecified atom stereocenters. The van der Waals surface area contributed by atoms with Crippen LogP contribution in [0, 0.1) is 12.7 Å². The van der Waals surface area contributed by atoms with Crippen LogP contribution in [0.15, 0.2) is 47.5 Å². The maximum atomic E-state index is 13.2. The van der Waals surface area contributed by atoms with Crippen LogP contribution in [-0.4, -0.2) is 28.7 Å². The van der Waals surface area contributed by atoms with Gasteiger partial charge in [-0.15, -0.1) is 0 Å². The van der Waals surface area contributed by atoms with Crippen LogP contribution in [0.4, 0.5) is 10.1 Å². The number of amides is 1. The fourth-order valence-electron chi connectivity index (χ4n) is 2.99. The Kier molecular flexibility index (Phi) is 5.06. The van der Waals surface area contributed by atoms with Crippen LogP contribution in [0.5, 0.6) is 0 Å². The van der Waals surface area contributed by atoms with E-state index in [4.69, 9.17) is 0 Å². The molecule has 1 atom stereocenters. The number of halogens is 1. The first kappa shape index (κ1) is 19.1. The minimum Gasteiger partial charge on any atom is -0.478 e. The van der Waals surface area contributed by atoms with Crippen molar-refractivity contribution < 1.29 is 19.1 Å². The second-order valence-electron chi connectivity index (χ2n) is 6.39. The Hall–Kier alpha value is -2.67. The summed E-state index contributed by atoms with van der Waals surface area (Å²) in [6.45, 7) is 5.99. The number of carboxylic acid groups (broad SMARTS) is 1. The number of aliphatic imine (C=N–C) groups is 1. The average Bonchev–Trinajstić information content (AvgIpc) is 2.92. The first-order chi connectivity index (χ1) is 12.8. The molecule has 0 aliphatic carbocycles. The lowest BCUT2D eigenvalue weighted by Gasteiger charge is -2.26. The van der Waals surface area contributed by atoms with Crippen molar-refractivity contribution in [2.24, 2.45) is 4.99 Å². The van der Waals surface area contributed by atoms with Gasteiger partial charge >= 0.3 is 5.97 Å². The van der Waals surface area contributed by atoms with Gasteiger partial charge in [0.1, 0.15) is 10.6 Å². The molecule has 0 saturated heterocycles. The molecule has 0 aromatic heterocycles. The van der Waals surface area contributed by atoms with Crippen molar-refractivity contribution >= 4 is 34.5 Å². The van der Waals surface area contributed by atoms with Crippen LogP contribution in [0.3, 0.4) is 0 Å². The third-order valence-electron chi connectivity index (χ3n) is 4.59. The van der Waals surface area contributed by atoms with Gasteiger partial charge in [0.05, 0.1) is 5.56 Å². The predicted molar refractivity (Wildman–Crippen MR) is 105 cm³/mol. The summed E-state index contributed by atoms with van der Waals surface area (Å²) in [7, 11) is 0. The summed E-state index contributed by atoms with van der Waals surface area (Å²) >= 11 is 1.31. The van der Waals surface area contributed by atoms with Crippen molar-refractivity contribution in [2.75, 3.05) is 11.4 Å². The van der Waals surface area contributed by atoms with Crippen LogP contribution >= 0.6 is 11.8 Å². The molecule has 2 aromatic carbocycles. The number of hydrogen-bond acceptors (Lipinski definition) is 4. The first-order valence-electron chi connectivity index (χ1n) is 8.46. The Morgan fingerprint density at radius 1 is 1.26 bits per heavy atom. The summed E-state index contributed by atoms with van der Waals surface area (Å²) < 4.78 is 12.3. The van der Waals surface area contributed by atoms with E-state index in [0.717, 1.165) is 5.69 Å². The molecule has 1 heterocycles. The van der Waals surface area contributed by atoms with E-state index in [2.05, 4.69) is 4.99 Å². The number of anilines is 1. The second-order valence-corrected chi connectivity index (χ2v) is 7.78. The van der Waals surface area contributed by atoms with Crippen molar-refractivity contribution in [1.29, 1.82) is 0 Å². The van der Waals surface area contributed by atoms with E-state index in [9.17, 15) is 19.1 Å². The molecule has 3 rings (SSSR count). The van der Waals surface area contributed by atoms with E-state index in [1.807, 2.05) is 11.8 Å². The zero-order chi connectivity index (χ0) is 19.8. The van der Waals surface area contributed by atoms with Gasteiger partial charge in [-0.3, -0.25) is 4.79 Å². The van der Waals surface area contributed by atoms with E-state index in [1.54, 1.807) is 38.1 Å². The molecular formula is C20H19FN2O3S. The molecule has 0 saturated carbocycles. The van der Waals surface area contributed by atoms with Gasteiger partial charge in [-0.25, -0.2) is 9.18 Å². The Bertz CT molecular complexity index is 943. The van der Waals surface area contributed by atoms with Crippen LogP contribution in [0.25, 0.3) is 0 Å². The number of rotatable bonds is 4. The molecule has 5 nitrogen and oxygen atoms in total. The summed E-state index contributed by atoms with van der Waals surface area (Å²) in [5, 5.41) is 9.74. The predicted octanol–water partition coefficient (Wildman–Crippen LogP) is 4.20. The third-order valence-corrected chi connectivity index (χ3v) is 5.91. The highest BCUT2D eigenvalue weighted by Crippen LogP contribution is 2.44. The fourth-order valence-corrected chi connectivity index (χ4v) is 4.21. The van der Waals surface area contributed by atoms with Crippen molar-refractivity contribution in [1.82, 2.24) is 0 Å². The first-order valence-corrected chi connectivity index (χ1v) is 9.27. The molecule has 140 valence electrons. The van der Waals surface area contributed by atoms with Gasteiger partial charge in [0.2, 0.25) is 0 Å². The summed E-state index contributed by atoms with van der Waals surface area (Å²) in [4.78, 5) is 30.0. The maximum Gasteiger partial charge on any atom is 0.335 e. The van der Waals surface area contributed by atoms with Crippen LogP contribution < -0.4 is 4.90 Å². The quantitative estimate of drug-likeness (QED) is 0.853. The van der Waals surface area contributed by atoms with Gasteiger partial charge in [0, 0.05) is 12.2 Å². The SMILES string of the molecule is CCN(C1=NC(=O)C(C)(c2ccc(C(=O)O)c(C)c2)S1)c1ccc(F)cc1. The number of aryl methyl sites for hydroxylation is 1. The monoisotopic (exact) mass is 386 g/mol. The molecule has 27 heavy (non-hydrogen) atoms. The lowest BCUT2D eigenvalue weighted by atomic mass is 9.95. The highest BCUT2D eigenvalue weighted by Gasteiger charge is 2.44. The minimum absolute atomic E-state index is 0.209. The van der Waals surface area contributed by atoms with E-state index in [1.165, 1.54) is 30.0 Å². The van der Waals surface area contributed by atoms with E-state index in [0.29, 0.717) is 22.8 Å². The van der Waals surface area contributed by atoms with Gasteiger partial charge < -0.3 is 10.0 Å². The number of aromatic carboxylic acids is 1. The van der Waals surface area contributed by atoms with Crippen molar-refractivity contribution in [2.45, 2.75) is 25.5 Å². The molecule has 1 aliphatic rings. The van der Waals surface area contributed by atoms with Crippen LogP contribution in [-0.2, 0) is 9.54 Å². The minimum atomic E-state index is -1.000. The molecule has 1 N–H and O–H groups in total. The zero-order valence-corrected chi connectivity index (χ0v) is 16.0. The smallest absolute Gasteiger partial charge is 0.335 e. The highest BCUT2D eigenvalue weighted by atomic mass is 32.2. The van der Waals surface area contributed by atoms with Crippen molar-refractivity contribution in [3.63, 3.8) is 0 Å². The average molecular weight is 386 g/mol. The molecule has 0 fully saturated rings. The Balaban J connectivity index is 1.92. The number of carbonyl (C=O) groups is 2. The van der Waals surface area contributed by atoms with Gasteiger partial charge in [-0.1, -0.05) is 23.9 Å². The Morgan fingerprint density at radius 3 is 2.48 bits per heavy atom. The maximum absolute atomic E-state index is 13.2. The lowest BCUT2D eigenvalue weighted by molar-refractivity contribution is -0.119. The molecule has 7 heteroatoms. The normalized spacial score (nSPS) is 19.1. The van der Waals surface area contributed by atoms with Gasteiger partial charge in [-0.2, -0.15) is 4.99 Å². The third kappa shape index (κ3) is 3.47. The topological polar surface area (TPSA) is 70.0 Å². The molecule has 0 spiro atoms. The highest BCUT2D eigenvalue weighted by molar-refractivity contribution is 8.16. The molecule has 0 bridgehead atoms. The molecular weight excluding hydrogens is 367 g/mol. The van der Waals surface area contributed by atoms with Crippen LogP contribution in [0.2, 0.25) is 0 Å². The number of nitrogens with zero attached hydrogens (tertiary/aromatic N) is 2. The molecule has 0 radical (unpaired) electrons. The van der Waals surface area contributed by atoms with Gasteiger partial charge in [0.25, 0.3) is 5.91 Å². The summed E-state index contributed by atoms with van der Waals surface area (Å²) in [6.07, 6.45) is 0. The van der Waals surface area contributed by atoms with E-state index in [-0.39, 0.29) is 17.3 Å². The van der Waals surface area contributed by atoms with E-state index < -0.39 is 10.7 Å². The Labute approximate surface area is 160 Å². The summed E-state index contributed by atoms with van der Waals surface area (Å²) in [5.74, 6) is -1.63. The lowest BCUT2D eigenvalue weighted by Crippen LogP contribution is -2.29. The Morgan fingerprint density at radius 2 is 1.93 bits per heavy atom. The van der Waals surface area contributed by atoms with Crippen molar-refractivity contribution in [3.05, 3.63) is 65.0 Å². The molecule has 1 amide bonds. The second kappa shape index (κ2) is 7.15. The largest absolute Gasteiger partial charge is 0.478 e. The molecule has 1 aliphatic heterocycles. The summed E-state index contributed by atoms with van der Waals surface area (Å²) in [6, 6.07) is 10.9. The fraction of sp³-hybridized carbons (Fsp3) is 0.250. The number of carboxylic acids is 1. The number of hydrogen-bond donors (Lipinski definition) is 1. The standard InChI is InChI=1S/C20H19FN2O3S/c1-4-23(15-8-6-14(21)7-9-15)19-22-18(26)20(3,27-19)13-5-10-16(17(24)25)12(2)11-13/h5-11H,4H2,1-3H3,(H,24,25). The van der Waals surface area contributed by atoms with Gasteiger partial charge in [-0.05, 0) is 62.2 Å². The number of carbonyl (C=O) groups excluding carboxylic acids is 1. The molecule has 2 aromatic rings. The van der Waals surface area contributed by atoms with Gasteiger partial charge in [0.15, 0.2) is 5.17 Å². The number of amidine groups is 1. The zero-order valence-electron chi connectivity index (χ0n) is 15.2. The van der Waals surface area contributed by atoms with E-state index >= 15 is 0 Å². The van der Waals surface area contributed by atoms with Crippen LogP contribution in [0.1, 0.15) is 35.3 Å².